The molecule has 0 saturated carbocycles. The second kappa shape index (κ2) is 10.4. The summed E-state index contributed by atoms with van der Waals surface area (Å²) < 4.78 is 27.1. The van der Waals surface area contributed by atoms with Crippen molar-refractivity contribution in [3.8, 4) is 6.07 Å². The molecule has 0 aliphatic carbocycles. The largest absolute Gasteiger partial charge is 0.455 e. The van der Waals surface area contributed by atoms with E-state index in [1.54, 1.807) is 46.7 Å². The lowest BCUT2D eigenvalue weighted by Gasteiger charge is -2.29. The van der Waals surface area contributed by atoms with E-state index in [1.165, 1.54) is 23.2 Å². The second-order valence-corrected chi connectivity index (χ2v) is 8.98. The molecule has 0 unspecified atom stereocenters. The summed E-state index contributed by atoms with van der Waals surface area (Å²) in [6.07, 6.45) is -1.24. The van der Waals surface area contributed by atoms with E-state index in [2.05, 4.69) is 15.1 Å². The van der Waals surface area contributed by atoms with Gasteiger partial charge in [0.2, 0.25) is 5.60 Å². The summed E-state index contributed by atoms with van der Waals surface area (Å²) in [4.78, 5) is 35.3. The van der Waals surface area contributed by atoms with Gasteiger partial charge in [-0.25, -0.2) is 14.5 Å². The van der Waals surface area contributed by atoms with Crippen LogP contribution >= 0.6 is 0 Å². The first-order valence-corrected chi connectivity index (χ1v) is 11.1. The average Bonchev–Trinajstić information content (AvgIpc) is 3.33. The van der Waals surface area contributed by atoms with Crippen molar-refractivity contribution in [2.45, 2.75) is 51.6 Å². The lowest BCUT2D eigenvalue weighted by molar-refractivity contribution is -0.173. The van der Waals surface area contributed by atoms with E-state index in [4.69, 9.17) is 15.6 Å². The molecule has 0 amide bonds. The Labute approximate surface area is 204 Å². The van der Waals surface area contributed by atoms with Gasteiger partial charge in [-0.15, -0.1) is 0 Å². The average molecular weight is 488 g/mol. The minimum atomic E-state index is -2.07. The van der Waals surface area contributed by atoms with Crippen LogP contribution in [-0.4, -0.2) is 81.9 Å². The van der Waals surface area contributed by atoms with E-state index in [9.17, 15) is 20.0 Å². The number of aromatic nitrogens is 3. The minimum absolute atomic E-state index is 0.0387. The first kappa shape index (κ1) is 24.6. The maximum absolute atomic E-state index is 12.7. The molecule has 0 bridgehead atoms. The zero-order valence-electron chi connectivity index (χ0n) is 21.5. The lowest BCUT2D eigenvalue weighted by Crippen LogP contribution is -2.47. The molecule has 1 saturated heterocycles. The van der Waals surface area contributed by atoms with Crippen LogP contribution in [-0.2, 0) is 29.4 Å². The maximum Gasteiger partial charge on any atom is 0.308 e. The standard InChI is InChI=1S/C23H30N6O6/c1-13(2)21(31)33-18-16(9-30)35-23(10-24,19(18)34-22(32)14(3)4)17-8-7-15-20(26-12-28(5)6)25-11-27-29(15)17/h7-8,11-14,16,18-19,30H,9H2,1-6H3/t16-,18-,19-,23+/m1/s1/i7D. The number of carbonyl (C=O) groups excluding carboxylic acids is 2. The number of carbonyl (C=O) groups is 2. The highest BCUT2D eigenvalue weighted by molar-refractivity contribution is 5.74. The summed E-state index contributed by atoms with van der Waals surface area (Å²) in [5.74, 6) is -2.21. The number of ether oxygens (including phenoxy) is 3. The molecule has 1 aliphatic heterocycles. The molecule has 0 radical (unpaired) electrons. The fourth-order valence-corrected chi connectivity index (χ4v) is 3.49. The highest BCUT2D eigenvalue weighted by Gasteiger charge is 2.62. The van der Waals surface area contributed by atoms with E-state index in [1.807, 2.05) is 6.07 Å². The van der Waals surface area contributed by atoms with Crippen molar-refractivity contribution >= 4 is 29.6 Å². The molecule has 2 aromatic rings. The van der Waals surface area contributed by atoms with Crippen LogP contribution in [0.1, 0.15) is 34.8 Å². The van der Waals surface area contributed by atoms with E-state index < -0.39 is 54.3 Å². The Kier molecular flexibility index (Phi) is 7.28. The van der Waals surface area contributed by atoms with Gasteiger partial charge < -0.3 is 24.2 Å². The number of hydrogen-bond acceptors (Lipinski definition) is 10. The van der Waals surface area contributed by atoms with Gasteiger partial charge in [0.25, 0.3) is 0 Å². The molecule has 12 nitrogen and oxygen atoms in total. The Morgan fingerprint density at radius 2 is 2.03 bits per heavy atom. The number of aliphatic imine (C=N–C) groups is 1. The first-order chi connectivity index (χ1) is 17.0. The minimum Gasteiger partial charge on any atom is -0.455 e. The molecule has 3 rings (SSSR count). The molecule has 4 atom stereocenters. The molecule has 0 aromatic carbocycles. The smallest absolute Gasteiger partial charge is 0.308 e. The van der Waals surface area contributed by atoms with Crippen molar-refractivity contribution in [3.05, 3.63) is 24.1 Å². The molecule has 188 valence electrons. The van der Waals surface area contributed by atoms with Gasteiger partial charge in [-0.3, -0.25) is 9.59 Å². The Hall–Kier alpha value is -3.56. The van der Waals surface area contributed by atoms with Gasteiger partial charge >= 0.3 is 11.9 Å². The zero-order valence-corrected chi connectivity index (χ0v) is 20.5. The first-order valence-electron chi connectivity index (χ1n) is 11.6. The van der Waals surface area contributed by atoms with Crippen LogP contribution in [0.25, 0.3) is 5.52 Å². The molecular weight excluding hydrogens is 456 g/mol. The summed E-state index contributed by atoms with van der Waals surface area (Å²) in [5.41, 5.74) is -1.85. The Balaban J connectivity index is 2.24. The quantitative estimate of drug-likeness (QED) is 0.326. The fraction of sp³-hybridized carbons (Fsp3) is 0.565. The van der Waals surface area contributed by atoms with E-state index in [0.717, 1.165) is 0 Å². The van der Waals surface area contributed by atoms with Gasteiger partial charge in [-0.2, -0.15) is 10.4 Å². The third kappa shape index (κ3) is 4.96. The summed E-state index contributed by atoms with van der Waals surface area (Å²) >= 11 is 0. The SMILES string of the molecule is [2H]c1cc([C@]2(C#N)O[C@H](CO)[C@@H](OC(=O)C(C)C)[C@H]2OC(=O)C(C)C)n2ncnc(N=CN(C)C)c12. The Morgan fingerprint density at radius 1 is 1.37 bits per heavy atom. The van der Waals surface area contributed by atoms with Gasteiger partial charge in [0.15, 0.2) is 18.0 Å². The zero-order chi connectivity index (χ0) is 26.8. The predicted molar refractivity (Wildman–Crippen MR) is 124 cm³/mol. The molecular formula is C23H30N6O6. The van der Waals surface area contributed by atoms with Crippen LogP contribution in [0.3, 0.4) is 0 Å². The molecule has 1 aliphatic rings. The number of aliphatic hydroxyl groups is 1. The third-order valence-electron chi connectivity index (χ3n) is 5.32. The Bertz CT molecular complexity index is 1210. The highest BCUT2D eigenvalue weighted by atomic mass is 16.6. The van der Waals surface area contributed by atoms with Crippen LogP contribution in [0.2, 0.25) is 0 Å². The van der Waals surface area contributed by atoms with Gasteiger partial charge in [0.05, 0.1) is 31.8 Å². The van der Waals surface area contributed by atoms with Gasteiger partial charge in [-0.05, 0) is 12.1 Å². The molecule has 35 heavy (non-hydrogen) atoms. The van der Waals surface area contributed by atoms with Crippen molar-refractivity contribution in [1.29, 1.82) is 5.26 Å². The molecule has 0 spiro atoms. The monoisotopic (exact) mass is 487 g/mol. The fourth-order valence-electron chi connectivity index (χ4n) is 3.49. The lowest BCUT2D eigenvalue weighted by atomic mass is 9.92. The number of nitrogens with zero attached hydrogens (tertiary/aromatic N) is 6. The molecule has 3 heterocycles. The van der Waals surface area contributed by atoms with Crippen LogP contribution < -0.4 is 0 Å². The molecule has 2 aromatic heterocycles. The predicted octanol–water partition coefficient (Wildman–Crippen LogP) is 1.20. The van der Waals surface area contributed by atoms with Crippen LogP contribution in [0, 0.1) is 23.2 Å². The van der Waals surface area contributed by atoms with Crippen molar-refractivity contribution in [2.75, 3.05) is 20.7 Å². The number of aliphatic hydroxyl groups excluding tert-OH is 1. The topological polar surface area (TPSA) is 152 Å². The summed E-state index contributed by atoms with van der Waals surface area (Å²) in [6.45, 7) is 5.85. The van der Waals surface area contributed by atoms with Crippen LogP contribution in [0.4, 0.5) is 5.82 Å². The van der Waals surface area contributed by atoms with Crippen LogP contribution in [0.5, 0.6) is 0 Å². The van der Waals surface area contributed by atoms with Crippen LogP contribution in [0.15, 0.2) is 23.4 Å². The molecule has 12 heteroatoms. The molecule has 1 N–H and O–H groups in total. The van der Waals surface area contributed by atoms with E-state index in [0.29, 0.717) is 0 Å². The number of rotatable bonds is 8. The number of fused-ring (bicyclic) bond motifs is 1. The highest BCUT2D eigenvalue weighted by Crippen LogP contribution is 2.44. The van der Waals surface area contributed by atoms with E-state index in [-0.39, 0.29) is 23.1 Å². The van der Waals surface area contributed by atoms with E-state index >= 15 is 0 Å². The molecule has 1 fully saturated rings. The van der Waals surface area contributed by atoms with Crippen molar-refractivity contribution < 1.29 is 30.3 Å². The summed E-state index contributed by atoms with van der Waals surface area (Å²) in [7, 11) is 3.54. The third-order valence-corrected chi connectivity index (χ3v) is 5.32. The van der Waals surface area contributed by atoms with Gasteiger partial charge in [0.1, 0.15) is 24.0 Å². The van der Waals surface area contributed by atoms with Crippen molar-refractivity contribution in [1.82, 2.24) is 19.5 Å². The number of esters is 2. The van der Waals surface area contributed by atoms with Gasteiger partial charge in [-0.1, -0.05) is 27.7 Å². The van der Waals surface area contributed by atoms with Crippen molar-refractivity contribution in [2.24, 2.45) is 16.8 Å². The summed E-state index contributed by atoms with van der Waals surface area (Å²) in [5, 5.41) is 24.7. The summed E-state index contributed by atoms with van der Waals surface area (Å²) in [6, 6.07) is 3.32. The normalized spacial score (nSPS) is 24.7. The maximum atomic E-state index is 12.7. The number of nitriles is 1. The number of hydrogen-bond donors (Lipinski definition) is 1. The van der Waals surface area contributed by atoms with Gasteiger partial charge in [0, 0.05) is 14.1 Å². The second-order valence-electron chi connectivity index (χ2n) is 8.98. The Morgan fingerprint density at radius 3 is 2.60 bits per heavy atom. The van der Waals surface area contributed by atoms with Crippen molar-refractivity contribution in [3.63, 3.8) is 0 Å².